The van der Waals surface area contributed by atoms with Crippen molar-refractivity contribution >= 4 is 24.4 Å². The van der Waals surface area contributed by atoms with Gasteiger partial charge in [0.05, 0.1) is 12.7 Å². The zero-order chi connectivity index (χ0) is 27.8. The highest BCUT2D eigenvalue weighted by Gasteiger charge is 2.43. The fourth-order valence-electron chi connectivity index (χ4n) is 3.34. The molecule has 2 aromatic rings. The molecular weight excluding hydrogens is 525 g/mol. The van der Waals surface area contributed by atoms with Gasteiger partial charge < -0.3 is 28.7 Å². The van der Waals surface area contributed by atoms with Gasteiger partial charge in [0.2, 0.25) is 0 Å². The molecule has 0 radical (unpaired) electrons. The number of carbonyl (C=O) groups excluding carboxylic acids is 1. The van der Waals surface area contributed by atoms with Crippen LogP contribution in [0.2, 0.25) is 0 Å². The number of para-hydroxylation sites is 1. The van der Waals surface area contributed by atoms with Crippen molar-refractivity contribution in [3.63, 3.8) is 0 Å². The van der Waals surface area contributed by atoms with Crippen molar-refractivity contribution in [3.8, 4) is 5.75 Å². The fraction of sp³-hybridized carbons (Fsp3) is 0.522. The number of ether oxygens (including phenoxy) is 2. The molecule has 12 nitrogen and oxygen atoms in total. The van der Waals surface area contributed by atoms with Gasteiger partial charge in [0, 0.05) is 19.4 Å². The number of aliphatic hydroxyl groups is 2. The molecule has 5 atom stereocenters. The van der Waals surface area contributed by atoms with Crippen molar-refractivity contribution in [2.45, 2.75) is 64.2 Å². The second-order valence-electron chi connectivity index (χ2n) is 8.47. The SMILES string of the molecule is CC[C@@](O)([C@H](O)C(COP(=S)(NC(C)C(=O)OC(C)C)Oc1ccccc1)OC)n1ccc(=O)[nH]c1=O. The predicted molar refractivity (Wildman–Crippen MR) is 140 cm³/mol. The second kappa shape index (κ2) is 13.4. The van der Waals surface area contributed by atoms with Gasteiger partial charge >= 0.3 is 18.3 Å². The number of nitrogens with one attached hydrogen (secondary N) is 2. The van der Waals surface area contributed by atoms with Crippen molar-refractivity contribution in [3.05, 3.63) is 63.4 Å². The molecule has 4 N–H and O–H groups in total. The number of carbonyl (C=O) groups is 1. The Bertz CT molecular complexity index is 1190. The maximum Gasteiger partial charge on any atom is 0.330 e. The van der Waals surface area contributed by atoms with Gasteiger partial charge in [-0.1, -0.05) is 25.1 Å². The van der Waals surface area contributed by atoms with E-state index in [9.17, 15) is 24.6 Å². The van der Waals surface area contributed by atoms with Gasteiger partial charge in [0.1, 0.15) is 24.0 Å². The number of rotatable bonds is 14. The van der Waals surface area contributed by atoms with Crippen LogP contribution in [0.5, 0.6) is 5.75 Å². The highest BCUT2D eigenvalue weighted by Crippen LogP contribution is 2.46. The van der Waals surface area contributed by atoms with Crippen molar-refractivity contribution in [1.82, 2.24) is 14.6 Å². The minimum atomic E-state index is -3.46. The monoisotopic (exact) mass is 559 g/mol. The van der Waals surface area contributed by atoms with Crippen molar-refractivity contribution in [2.24, 2.45) is 0 Å². The molecule has 0 amide bonds. The molecule has 0 aliphatic carbocycles. The molecule has 0 saturated heterocycles. The Kier molecular flexibility index (Phi) is 11.2. The van der Waals surface area contributed by atoms with Crippen molar-refractivity contribution in [1.29, 1.82) is 0 Å². The van der Waals surface area contributed by atoms with Crippen LogP contribution in [0.25, 0.3) is 0 Å². The zero-order valence-electron chi connectivity index (χ0n) is 21.3. The number of aromatic amines is 1. The summed E-state index contributed by atoms with van der Waals surface area (Å²) in [5, 5.41) is 25.2. The van der Waals surface area contributed by atoms with E-state index in [1.54, 1.807) is 58.0 Å². The summed E-state index contributed by atoms with van der Waals surface area (Å²) in [6.07, 6.45) is -2.29. The topological polar surface area (TPSA) is 161 Å². The summed E-state index contributed by atoms with van der Waals surface area (Å²) < 4.78 is 23.2. The second-order valence-corrected chi connectivity index (χ2v) is 11.6. The van der Waals surface area contributed by atoms with Crippen LogP contribution in [0.15, 0.2) is 52.2 Å². The average Bonchev–Trinajstić information content (AvgIpc) is 2.83. The number of hydrogen-bond acceptors (Lipinski definition) is 10. The molecule has 1 heterocycles. The van der Waals surface area contributed by atoms with Crippen LogP contribution in [-0.4, -0.2) is 63.8 Å². The molecule has 3 unspecified atom stereocenters. The number of aromatic nitrogens is 2. The van der Waals surface area contributed by atoms with Crippen molar-refractivity contribution < 1.29 is 33.5 Å². The van der Waals surface area contributed by atoms with Crippen LogP contribution in [0.3, 0.4) is 0 Å². The minimum absolute atomic E-state index is 0.120. The quantitative estimate of drug-likeness (QED) is 0.195. The van der Waals surface area contributed by atoms with E-state index in [1.165, 1.54) is 7.11 Å². The van der Waals surface area contributed by atoms with Gasteiger partial charge in [-0.2, -0.15) is 0 Å². The van der Waals surface area contributed by atoms with Gasteiger partial charge in [-0.05, 0) is 51.1 Å². The largest absolute Gasteiger partial charge is 0.462 e. The van der Waals surface area contributed by atoms with E-state index in [2.05, 4.69) is 5.09 Å². The molecular formula is C23H34N3O9PS. The lowest BCUT2D eigenvalue weighted by Crippen LogP contribution is -2.56. The van der Waals surface area contributed by atoms with Crippen molar-refractivity contribution in [2.75, 3.05) is 13.7 Å². The first kappa shape index (κ1) is 30.8. The van der Waals surface area contributed by atoms with Crippen LogP contribution in [0, 0.1) is 0 Å². The maximum atomic E-state index is 12.4. The van der Waals surface area contributed by atoms with E-state index in [0.717, 1.165) is 16.8 Å². The predicted octanol–water partition coefficient (Wildman–Crippen LogP) is 1.22. The molecule has 0 spiro atoms. The summed E-state index contributed by atoms with van der Waals surface area (Å²) in [4.78, 5) is 38.2. The number of benzene rings is 1. The maximum absolute atomic E-state index is 12.4. The Morgan fingerprint density at radius 3 is 2.41 bits per heavy atom. The van der Waals surface area contributed by atoms with E-state index < -0.39 is 47.8 Å². The molecule has 1 aromatic heterocycles. The highest BCUT2D eigenvalue weighted by molar-refractivity contribution is 8.09. The zero-order valence-corrected chi connectivity index (χ0v) is 23.0. The molecule has 206 valence electrons. The minimum Gasteiger partial charge on any atom is -0.462 e. The number of hydrogen-bond donors (Lipinski definition) is 4. The highest BCUT2D eigenvalue weighted by atomic mass is 32.5. The summed E-state index contributed by atoms with van der Waals surface area (Å²) in [6, 6.07) is 8.72. The molecule has 14 heteroatoms. The summed E-state index contributed by atoms with van der Waals surface area (Å²) in [7, 11) is 1.28. The van der Waals surface area contributed by atoms with E-state index in [1.807, 2.05) is 4.98 Å². The van der Waals surface area contributed by atoms with Gasteiger partial charge in [0.25, 0.3) is 5.56 Å². The summed E-state index contributed by atoms with van der Waals surface area (Å²) in [5.41, 5.74) is -3.73. The number of aliphatic hydroxyl groups excluding tert-OH is 1. The molecule has 0 fully saturated rings. The van der Waals surface area contributed by atoms with Gasteiger partial charge in [-0.15, -0.1) is 0 Å². The number of methoxy groups -OCH3 is 1. The van der Waals surface area contributed by atoms with E-state index in [4.69, 9.17) is 30.3 Å². The first-order valence-electron chi connectivity index (χ1n) is 11.6. The molecule has 2 rings (SSSR count). The lowest BCUT2D eigenvalue weighted by atomic mass is 9.98. The number of esters is 1. The van der Waals surface area contributed by atoms with Crippen LogP contribution in [0.1, 0.15) is 34.1 Å². The third kappa shape index (κ3) is 8.30. The molecule has 0 saturated carbocycles. The van der Waals surface area contributed by atoms with E-state index in [-0.39, 0.29) is 19.1 Å². The number of nitrogens with zero attached hydrogens (tertiary/aromatic N) is 1. The third-order valence-electron chi connectivity index (χ3n) is 5.32. The first-order chi connectivity index (χ1) is 17.3. The van der Waals surface area contributed by atoms with Crippen LogP contribution >= 0.6 is 6.64 Å². The Morgan fingerprint density at radius 2 is 1.86 bits per heavy atom. The average molecular weight is 560 g/mol. The summed E-state index contributed by atoms with van der Waals surface area (Å²) in [5.74, 6) is -0.187. The standard InChI is InChI=1S/C23H34N3O9PS/c1-6-23(31,26-13-12-19(27)24-22(26)30)20(28)18(32-5)14-33-36(37,35-17-10-8-7-9-11-17)25-16(4)21(29)34-15(2)3/h7-13,15-16,18,20,28,31H,6,14H2,1-5H3,(H,25,37)(H,24,27,30)/t16?,18?,20-,23-,36?/m1/s1. The van der Waals surface area contributed by atoms with Crippen LogP contribution in [0.4, 0.5) is 0 Å². The smallest absolute Gasteiger partial charge is 0.330 e. The van der Waals surface area contributed by atoms with E-state index >= 15 is 0 Å². The summed E-state index contributed by atoms with van der Waals surface area (Å²) >= 11 is 5.65. The molecule has 37 heavy (non-hydrogen) atoms. The summed E-state index contributed by atoms with van der Waals surface area (Å²) in [6.45, 7) is 2.67. The molecule has 0 aliphatic heterocycles. The fourth-order valence-corrected chi connectivity index (χ4v) is 5.75. The van der Waals surface area contributed by atoms with Gasteiger partial charge in [0.15, 0.2) is 5.72 Å². The lowest BCUT2D eigenvalue weighted by molar-refractivity contribution is -0.188. The first-order valence-corrected chi connectivity index (χ1v) is 14.2. The Labute approximate surface area is 219 Å². The van der Waals surface area contributed by atoms with Gasteiger partial charge in [-0.3, -0.25) is 19.1 Å². The molecule has 1 aromatic carbocycles. The Morgan fingerprint density at radius 1 is 1.22 bits per heavy atom. The van der Waals surface area contributed by atoms with Gasteiger partial charge in [-0.25, -0.2) is 9.88 Å². The Balaban J connectivity index is 2.30. The molecule has 0 bridgehead atoms. The Hall–Kier alpha value is -2.38. The third-order valence-corrected chi connectivity index (χ3v) is 7.82. The normalized spacial score (nSPS) is 17.3. The molecule has 0 aliphatic rings. The number of H-pyrrole nitrogens is 1. The van der Waals surface area contributed by atoms with E-state index in [0.29, 0.717) is 5.75 Å². The van der Waals surface area contributed by atoms with Crippen LogP contribution in [-0.2, 0) is 36.3 Å². The van der Waals surface area contributed by atoms with Crippen LogP contribution < -0.4 is 20.9 Å². The lowest BCUT2D eigenvalue weighted by Gasteiger charge is -2.37.